The lowest BCUT2D eigenvalue weighted by Crippen LogP contribution is -2.40. The van der Waals surface area contributed by atoms with E-state index in [2.05, 4.69) is 15.4 Å². The first kappa shape index (κ1) is 20.5. The Bertz CT molecular complexity index is 1100. The van der Waals surface area contributed by atoms with Crippen LogP contribution in [0.2, 0.25) is 0 Å². The molecule has 0 saturated carbocycles. The van der Waals surface area contributed by atoms with Crippen LogP contribution in [0.3, 0.4) is 0 Å². The summed E-state index contributed by atoms with van der Waals surface area (Å²) >= 11 is 0. The zero-order valence-electron chi connectivity index (χ0n) is 17.2. The summed E-state index contributed by atoms with van der Waals surface area (Å²) in [7, 11) is 1.85. The maximum absolute atomic E-state index is 12.5. The Kier molecular flexibility index (Phi) is 6.18. The number of hydrogen-bond acceptors (Lipinski definition) is 5. The number of amides is 2. The predicted molar refractivity (Wildman–Crippen MR) is 117 cm³/mol. The third kappa shape index (κ3) is 5.04. The Labute approximate surface area is 180 Å². The van der Waals surface area contributed by atoms with Crippen LogP contribution in [0.15, 0.2) is 61.2 Å². The van der Waals surface area contributed by atoms with Crippen molar-refractivity contribution in [2.45, 2.75) is 0 Å². The Morgan fingerprint density at radius 2 is 1.87 bits per heavy atom. The number of nitrogens with one attached hydrogen (secondary N) is 1. The van der Waals surface area contributed by atoms with Crippen molar-refractivity contribution in [2.24, 2.45) is 7.05 Å². The molecule has 3 heterocycles. The molecule has 0 aliphatic carbocycles. The molecule has 2 amide bonds. The molecule has 0 unspecified atom stereocenters. The second kappa shape index (κ2) is 9.36. The smallest absolute Gasteiger partial charge is 0.254 e. The lowest BCUT2D eigenvalue weighted by molar-refractivity contribution is -0.111. The van der Waals surface area contributed by atoms with Crippen LogP contribution in [0.4, 0.5) is 5.69 Å². The molecule has 0 bridgehead atoms. The molecule has 1 aliphatic rings. The fourth-order valence-corrected chi connectivity index (χ4v) is 3.36. The maximum atomic E-state index is 12.5. The van der Waals surface area contributed by atoms with Gasteiger partial charge in [0.15, 0.2) is 0 Å². The number of aryl methyl sites for hydroxylation is 1. The molecule has 1 aliphatic heterocycles. The van der Waals surface area contributed by atoms with E-state index >= 15 is 0 Å². The van der Waals surface area contributed by atoms with E-state index in [4.69, 9.17) is 4.74 Å². The van der Waals surface area contributed by atoms with Crippen molar-refractivity contribution in [2.75, 3.05) is 31.6 Å². The van der Waals surface area contributed by atoms with E-state index in [1.807, 2.05) is 19.3 Å². The molecule has 0 spiro atoms. The third-order valence-electron chi connectivity index (χ3n) is 4.98. The van der Waals surface area contributed by atoms with E-state index in [1.165, 1.54) is 6.08 Å². The van der Waals surface area contributed by atoms with E-state index < -0.39 is 0 Å². The van der Waals surface area contributed by atoms with Crippen LogP contribution in [0.25, 0.3) is 17.2 Å². The fourth-order valence-electron chi connectivity index (χ4n) is 3.36. The van der Waals surface area contributed by atoms with E-state index in [0.29, 0.717) is 37.6 Å². The third-order valence-corrected chi connectivity index (χ3v) is 4.98. The first-order valence-electron chi connectivity index (χ1n) is 9.99. The molecule has 1 aromatic carbocycles. The number of carbonyl (C=O) groups excluding carboxylic acids is 2. The lowest BCUT2D eigenvalue weighted by atomic mass is 10.0. The summed E-state index contributed by atoms with van der Waals surface area (Å²) < 4.78 is 7.01. The van der Waals surface area contributed by atoms with Crippen molar-refractivity contribution < 1.29 is 14.3 Å². The van der Waals surface area contributed by atoms with E-state index in [1.54, 1.807) is 58.5 Å². The first-order valence-corrected chi connectivity index (χ1v) is 9.99. The van der Waals surface area contributed by atoms with Gasteiger partial charge >= 0.3 is 0 Å². The number of nitrogens with zero attached hydrogens (tertiary/aromatic N) is 4. The van der Waals surface area contributed by atoms with Crippen LogP contribution in [0.5, 0.6) is 0 Å². The van der Waals surface area contributed by atoms with Crippen LogP contribution in [0.1, 0.15) is 15.9 Å². The molecule has 1 saturated heterocycles. The molecule has 1 N–H and O–H groups in total. The molecule has 31 heavy (non-hydrogen) atoms. The van der Waals surface area contributed by atoms with E-state index in [-0.39, 0.29) is 11.8 Å². The minimum absolute atomic E-state index is 0.0272. The average molecular weight is 417 g/mol. The molecular weight excluding hydrogens is 394 g/mol. The molecule has 8 nitrogen and oxygen atoms in total. The fraction of sp³-hybridized carbons (Fsp3) is 0.217. The first-order chi connectivity index (χ1) is 15.1. The van der Waals surface area contributed by atoms with E-state index in [9.17, 15) is 9.59 Å². The van der Waals surface area contributed by atoms with Crippen molar-refractivity contribution in [3.8, 4) is 11.1 Å². The molecule has 2 aromatic heterocycles. The second-order valence-electron chi connectivity index (χ2n) is 7.17. The quantitative estimate of drug-likeness (QED) is 0.645. The van der Waals surface area contributed by atoms with Gasteiger partial charge in [-0.15, -0.1) is 0 Å². The Balaban J connectivity index is 1.40. The standard InChI is InChI=1S/C23H23N5O3/c1-27-16-19(15-25-27)21-8-9-24-14-18(21)4-7-22(29)26-20-5-2-17(3-6-20)23(30)28-10-12-31-13-11-28/h2-9,14-16H,10-13H2,1H3,(H,26,29). The highest BCUT2D eigenvalue weighted by Gasteiger charge is 2.18. The summed E-state index contributed by atoms with van der Waals surface area (Å²) in [5.41, 5.74) is 3.92. The summed E-state index contributed by atoms with van der Waals surface area (Å²) in [4.78, 5) is 30.8. The van der Waals surface area contributed by atoms with Gasteiger partial charge in [0.05, 0.1) is 19.4 Å². The van der Waals surface area contributed by atoms with Crippen LogP contribution >= 0.6 is 0 Å². The number of anilines is 1. The van der Waals surface area contributed by atoms with Crippen LogP contribution in [0, 0.1) is 0 Å². The molecule has 0 atom stereocenters. The predicted octanol–water partition coefficient (Wildman–Crippen LogP) is 2.61. The number of ether oxygens (including phenoxy) is 1. The lowest BCUT2D eigenvalue weighted by Gasteiger charge is -2.26. The minimum Gasteiger partial charge on any atom is -0.378 e. The average Bonchev–Trinajstić information content (AvgIpc) is 3.24. The number of rotatable bonds is 5. The van der Waals surface area contributed by atoms with Gasteiger partial charge in [-0.3, -0.25) is 19.3 Å². The van der Waals surface area contributed by atoms with Gasteiger partial charge in [-0.2, -0.15) is 5.10 Å². The molecule has 1 fully saturated rings. The highest BCUT2D eigenvalue weighted by Crippen LogP contribution is 2.23. The zero-order valence-corrected chi connectivity index (χ0v) is 17.2. The molecule has 8 heteroatoms. The van der Waals surface area contributed by atoms with Crippen LogP contribution in [-0.2, 0) is 16.6 Å². The number of hydrogen-bond donors (Lipinski definition) is 1. The van der Waals surface area contributed by atoms with Gasteiger partial charge in [0.1, 0.15) is 0 Å². The number of morpholine rings is 1. The molecule has 0 radical (unpaired) electrons. The van der Waals surface area contributed by atoms with Crippen molar-refractivity contribution in [3.05, 3.63) is 72.3 Å². The number of aromatic nitrogens is 3. The van der Waals surface area contributed by atoms with Crippen molar-refractivity contribution >= 4 is 23.6 Å². The Morgan fingerprint density at radius 3 is 2.58 bits per heavy atom. The minimum atomic E-state index is -0.270. The van der Waals surface area contributed by atoms with Gasteiger partial charge in [-0.25, -0.2) is 0 Å². The number of benzene rings is 1. The van der Waals surface area contributed by atoms with Crippen molar-refractivity contribution in [3.63, 3.8) is 0 Å². The Hall–Kier alpha value is -3.78. The normalized spacial score (nSPS) is 14.0. The highest BCUT2D eigenvalue weighted by molar-refractivity contribution is 6.03. The monoisotopic (exact) mass is 417 g/mol. The molecule has 158 valence electrons. The van der Waals surface area contributed by atoms with Gasteiger partial charge in [-0.1, -0.05) is 0 Å². The van der Waals surface area contributed by atoms with Gasteiger partial charge in [0.2, 0.25) is 5.91 Å². The number of carbonyl (C=O) groups is 2. The molecular formula is C23H23N5O3. The number of pyridine rings is 1. The van der Waals surface area contributed by atoms with Crippen LogP contribution in [-0.4, -0.2) is 57.8 Å². The summed E-state index contributed by atoms with van der Waals surface area (Å²) in [6, 6.07) is 8.78. The SMILES string of the molecule is Cn1cc(-c2ccncc2C=CC(=O)Nc2ccc(C(=O)N3CCOCC3)cc2)cn1. The molecule has 3 aromatic rings. The van der Waals surface area contributed by atoms with Gasteiger partial charge < -0.3 is 15.0 Å². The van der Waals surface area contributed by atoms with Crippen molar-refractivity contribution in [1.82, 2.24) is 19.7 Å². The second-order valence-corrected chi connectivity index (χ2v) is 7.17. The van der Waals surface area contributed by atoms with Gasteiger partial charge in [0, 0.05) is 67.2 Å². The summed E-state index contributed by atoms with van der Waals surface area (Å²) in [5.74, 6) is -0.297. The van der Waals surface area contributed by atoms with Crippen molar-refractivity contribution in [1.29, 1.82) is 0 Å². The summed E-state index contributed by atoms with van der Waals surface area (Å²) in [6.07, 6.45) is 10.3. The zero-order chi connectivity index (χ0) is 21.6. The topological polar surface area (TPSA) is 89.4 Å². The van der Waals surface area contributed by atoms with E-state index in [0.717, 1.165) is 16.7 Å². The largest absolute Gasteiger partial charge is 0.378 e. The van der Waals surface area contributed by atoms with Gasteiger partial charge in [0.25, 0.3) is 5.91 Å². The highest BCUT2D eigenvalue weighted by atomic mass is 16.5. The van der Waals surface area contributed by atoms with Crippen LogP contribution < -0.4 is 5.32 Å². The summed E-state index contributed by atoms with van der Waals surface area (Å²) in [6.45, 7) is 2.31. The molecule has 4 rings (SSSR count). The summed E-state index contributed by atoms with van der Waals surface area (Å²) in [5, 5.41) is 7.01. The maximum Gasteiger partial charge on any atom is 0.254 e. The Morgan fingerprint density at radius 1 is 1.10 bits per heavy atom. The van der Waals surface area contributed by atoms with Gasteiger partial charge in [-0.05, 0) is 42.0 Å².